The quantitative estimate of drug-likeness (QED) is 0.649. The topological polar surface area (TPSA) is 67.0 Å². The SMILES string of the molecule is C=C(C)[C@@H]1CC=C(C2C3=C(COC3=O)Nc3n[nH]c(C)c32)CC1. The van der Waals surface area contributed by atoms with Gasteiger partial charge in [-0.2, -0.15) is 5.10 Å². The summed E-state index contributed by atoms with van der Waals surface area (Å²) in [4.78, 5) is 12.3. The third kappa shape index (κ3) is 2.14. The first-order chi connectivity index (χ1) is 11.1. The van der Waals surface area contributed by atoms with Gasteiger partial charge in [-0.05, 0) is 39.0 Å². The van der Waals surface area contributed by atoms with Crippen molar-refractivity contribution >= 4 is 11.8 Å². The lowest BCUT2D eigenvalue weighted by atomic mass is 9.75. The maximum Gasteiger partial charge on any atom is 0.337 e. The molecule has 0 saturated heterocycles. The molecule has 0 fully saturated rings. The number of rotatable bonds is 2. The van der Waals surface area contributed by atoms with E-state index in [1.54, 1.807) is 0 Å². The second kappa shape index (κ2) is 5.11. The summed E-state index contributed by atoms with van der Waals surface area (Å²) < 4.78 is 5.27. The highest BCUT2D eigenvalue weighted by atomic mass is 16.5. The van der Waals surface area contributed by atoms with Gasteiger partial charge in [-0.25, -0.2) is 4.79 Å². The number of cyclic esters (lactones) is 1. The number of H-pyrrole nitrogens is 1. The molecule has 1 unspecified atom stereocenters. The van der Waals surface area contributed by atoms with E-state index in [9.17, 15) is 4.79 Å². The van der Waals surface area contributed by atoms with Crippen LogP contribution in [0.5, 0.6) is 0 Å². The van der Waals surface area contributed by atoms with Gasteiger partial charge in [0.2, 0.25) is 0 Å². The highest BCUT2D eigenvalue weighted by molar-refractivity contribution is 5.97. The fourth-order valence-electron chi connectivity index (χ4n) is 3.92. The van der Waals surface area contributed by atoms with E-state index < -0.39 is 0 Å². The molecule has 2 N–H and O–H groups in total. The van der Waals surface area contributed by atoms with Crippen LogP contribution < -0.4 is 5.32 Å². The Hall–Kier alpha value is -2.30. The summed E-state index contributed by atoms with van der Waals surface area (Å²) in [6, 6.07) is 0. The second-order valence-electron chi connectivity index (χ2n) is 6.73. The molecule has 3 aliphatic rings. The molecule has 0 spiro atoms. The molecule has 0 aromatic carbocycles. The zero-order chi connectivity index (χ0) is 16.1. The number of anilines is 1. The lowest BCUT2D eigenvalue weighted by Gasteiger charge is -2.30. The minimum absolute atomic E-state index is 0.0268. The van der Waals surface area contributed by atoms with Crippen LogP contribution in [-0.2, 0) is 9.53 Å². The molecule has 5 heteroatoms. The standard InChI is InChI=1S/C18H21N3O2/c1-9(2)11-4-6-12(7-5-11)15-14-10(3)20-21-17(14)19-13-8-23-18(22)16(13)15/h6,11,15H,1,4-5,7-8H2,2-3H3,(H2,19,20,21)/t11-,15?/m1/s1. The van der Waals surface area contributed by atoms with Crippen molar-refractivity contribution in [2.24, 2.45) is 5.92 Å². The van der Waals surface area contributed by atoms with E-state index in [4.69, 9.17) is 4.74 Å². The van der Waals surface area contributed by atoms with Crippen molar-refractivity contribution in [2.45, 2.75) is 39.0 Å². The largest absolute Gasteiger partial charge is 0.456 e. The molecule has 0 radical (unpaired) electrons. The van der Waals surface area contributed by atoms with Crippen LogP contribution in [0.2, 0.25) is 0 Å². The van der Waals surface area contributed by atoms with Crippen LogP contribution in [0.3, 0.4) is 0 Å². The van der Waals surface area contributed by atoms with Crippen molar-refractivity contribution in [3.8, 4) is 0 Å². The predicted molar refractivity (Wildman–Crippen MR) is 87.9 cm³/mol. The summed E-state index contributed by atoms with van der Waals surface area (Å²) in [6.07, 6.45) is 5.37. The number of aromatic amines is 1. The lowest BCUT2D eigenvalue weighted by molar-refractivity contribution is -0.136. The van der Waals surface area contributed by atoms with Gasteiger partial charge >= 0.3 is 5.97 Å². The van der Waals surface area contributed by atoms with Gasteiger partial charge in [-0.1, -0.05) is 23.8 Å². The zero-order valence-electron chi connectivity index (χ0n) is 13.5. The van der Waals surface area contributed by atoms with Gasteiger partial charge in [-0.15, -0.1) is 0 Å². The molecule has 2 aliphatic heterocycles. The van der Waals surface area contributed by atoms with Crippen molar-refractivity contribution in [3.05, 3.63) is 46.3 Å². The fraction of sp³-hybridized carbons (Fsp3) is 0.444. The normalized spacial score (nSPS) is 26.2. The summed E-state index contributed by atoms with van der Waals surface area (Å²) in [7, 11) is 0. The van der Waals surface area contributed by atoms with Crippen LogP contribution in [0, 0.1) is 12.8 Å². The number of fused-ring (bicyclic) bond motifs is 1. The minimum atomic E-state index is -0.202. The number of ether oxygens (including phenoxy) is 1. The number of allylic oxidation sites excluding steroid dienone is 3. The molecule has 5 nitrogen and oxygen atoms in total. The molecule has 1 aromatic rings. The average Bonchev–Trinajstić information content (AvgIpc) is 3.10. The van der Waals surface area contributed by atoms with Gasteiger partial charge in [0.05, 0.1) is 11.3 Å². The van der Waals surface area contributed by atoms with Crippen LogP contribution in [0.1, 0.15) is 43.4 Å². The van der Waals surface area contributed by atoms with Gasteiger partial charge < -0.3 is 10.1 Å². The Morgan fingerprint density at radius 2 is 2.30 bits per heavy atom. The number of nitrogens with one attached hydrogen (secondary N) is 2. The number of carbonyl (C=O) groups is 1. The van der Waals surface area contributed by atoms with Crippen molar-refractivity contribution in [3.63, 3.8) is 0 Å². The van der Waals surface area contributed by atoms with Gasteiger partial charge in [0.25, 0.3) is 0 Å². The van der Waals surface area contributed by atoms with Gasteiger partial charge in [0.15, 0.2) is 5.82 Å². The summed E-state index contributed by atoms with van der Waals surface area (Å²) in [5.74, 6) is 1.15. The molecule has 1 aliphatic carbocycles. The molecule has 0 bridgehead atoms. The molecule has 0 saturated carbocycles. The first kappa shape index (κ1) is 14.3. The number of carbonyl (C=O) groups excluding carboxylic acids is 1. The number of aromatic nitrogens is 2. The average molecular weight is 311 g/mol. The first-order valence-electron chi connectivity index (χ1n) is 8.12. The van der Waals surface area contributed by atoms with Gasteiger partial charge in [0, 0.05) is 17.2 Å². The summed E-state index contributed by atoms with van der Waals surface area (Å²) in [5.41, 5.74) is 6.27. The van der Waals surface area contributed by atoms with E-state index in [0.717, 1.165) is 47.6 Å². The highest BCUT2D eigenvalue weighted by Crippen LogP contribution is 2.47. The van der Waals surface area contributed by atoms with Crippen molar-refractivity contribution in [2.75, 3.05) is 11.9 Å². The van der Waals surface area contributed by atoms with Crippen molar-refractivity contribution < 1.29 is 9.53 Å². The Labute approximate surface area is 135 Å². The van der Waals surface area contributed by atoms with E-state index in [1.807, 2.05) is 6.92 Å². The highest BCUT2D eigenvalue weighted by Gasteiger charge is 2.41. The van der Waals surface area contributed by atoms with E-state index in [1.165, 1.54) is 11.1 Å². The molecule has 0 amide bonds. The van der Waals surface area contributed by atoms with Gasteiger partial charge in [0.1, 0.15) is 6.61 Å². The van der Waals surface area contributed by atoms with Crippen LogP contribution in [-0.4, -0.2) is 22.8 Å². The predicted octanol–water partition coefficient (Wildman–Crippen LogP) is 3.34. The Morgan fingerprint density at radius 3 is 3.00 bits per heavy atom. The van der Waals surface area contributed by atoms with Crippen molar-refractivity contribution in [1.82, 2.24) is 10.2 Å². The van der Waals surface area contributed by atoms with E-state index in [2.05, 4.69) is 35.1 Å². The first-order valence-corrected chi connectivity index (χ1v) is 8.12. The van der Waals surface area contributed by atoms with Crippen LogP contribution in [0.4, 0.5) is 5.82 Å². The zero-order valence-corrected chi connectivity index (χ0v) is 13.5. The maximum atomic E-state index is 12.3. The molecule has 23 heavy (non-hydrogen) atoms. The summed E-state index contributed by atoms with van der Waals surface area (Å²) in [5, 5.41) is 10.7. The third-order valence-corrected chi connectivity index (χ3v) is 5.25. The number of esters is 1. The number of hydrogen-bond donors (Lipinski definition) is 2. The number of hydrogen-bond acceptors (Lipinski definition) is 4. The van der Waals surface area contributed by atoms with Crippen molar-refractivity contribution in [1.29, 1.82) is 0 Å². The smallest absolute Gasteiger partial charge is 0.337 e. The minimum Gasteiger partial charge on any atom is -0.456 e. The fourth-order valence-corrected chi connectivity index (χ4v) is 3.92. The Kier molecular flexibility index (Phi) is 3.18. The van der Waals surface area contributed by atoms with Crippen LogP contribution in [0.15, 0.2) is 35.1 Å². The van der Waals surface area contributed by atoms with Crippen LogP contribution >= 0.6 is 0 Å². The monoisotopic (exact) mass is 311 g/mol. The Balaban J connectivity index is 1.77. The Bertz CT molecular complexity index is 769. The van der Waals surface area contributed by atoms with E-state index >= 15 is 0 Å². The van der Waals surface area contributed by atoms with E-state index in [0.29, 0.717) is 12.5 Å². The molecular weight excluding hydrogens is 290 g/mol. The molecule has 120 valence electrons. The third-order valence-electron chi connectivity index (χ3n) is 5.25. The summed E-state index contributed by atoms with van der Waals surface area (Å²) in [6.45, 7) is 8.51. The number of aryl methyl sites for hydroxylation is 1. The second-order valence-corrected chi connectivity index (χ2v) is 6.73. The maximum absolute atomic E-state index is 12.3. The van der Waals surface area contributed by atoms with E-state index in [-0.39, 0.29) is 11.9 Å². The molecule has 2 atom stereocenters. The molecular formula is C18H21N3O2. The molecule has 3 heterocycles. The van der Waals surface area contributed by atoms with Gasteiger partial charge in [-0.3, -0.25) is 5.10 Å². The Morgan fingerprint density at radius 1 is 1.48 bits per heavy atom. The number of nitrogens with zero attached hydrogens (tertiary/aromatic N) is 1. The summed E-state index contributed by atoms with van der Waals surface area (Å²) >= 11 is 0. The molecule has 4 rings (SSSR count). The lowest BCUT2D eigenvalue weighted by Crippen LogP contribution is -2.22. The molecule has 1 aromatic heterocycles. The van der Waals surface area contributed by atoms with Crippen LogP contribution in [0.25, 0.3) is 0 Å².